The van der Waals surface area contributed by atoms with Crippen molar-refractivity contribution >= 4 is 21.4 Å². The van der Waals surface area contributed by atoms with Crippen LogP contribution in [0.15, 0.2) is 53.4 Å². The zero-order chi connectivity index (χ0) is 15.5. The van der Waals surface area contributed by atoms with Gasteiger partial charge in [0.25, 0.3) is 5.91 Å². The molecule has 0 saturated carbocycles. The first kappa shape index (κ1) is 15.2. The van der Waals surface area contributed by atoms with Crippen LogP contribution in [0.4, 0.5) is 5.69 Å². The van der Waals surface area contributed by atoms with Gasteiger partial charge in [-0.1, -0.05) is 18.2 Å². The second-order valence-electron chi connectivity index (χ2n) is 4.66. The summed E-state index contributed by atoms with van der Waals surface area (Å²) in [4.78, 5) is 12.3. The highest BCUT2D eigenvalue weighted by Gasteiger charge is 2.10. The van der Waals surface area contributed by atoms with Gasteiger partial charge in [0.1, 0.15) is 0 Å². The van der Waals surface area contributed by atoms with E-state index in [0.717, 1.165) is 11.8 Å². The number of nitrogens with one attached hydrogen (secondary N) is 1. The first-order valence-corrected chi connectivity index (χ1v) is 8.20. The van der Waals surface area contributed by atoms with Gasteiger partial charge < -0.3 is 11.1 Å². The second kappa shape index (κ2) is 6.07. The Kier molecular flexibility index (Phi) is 4.40. The van der Waals surface area contributed by atoms with E-state index in [1.165, 1.54) is 12.1 Å². The van der Waals surface area contributed by atoms with E-state index in [1.54, 1.807) is 30.3 Å². The third-order valence-corrected chi connectivity index (χ3v) is 4.06. The van der Waals surface area contributed by atoms with Crippen molar-refractivity contribution in [3.05, 3.63) is 59.7 Å². The molecule has 0 aliphatic rings. The molecule has 0 radical (unpaired) electrons. The summed E-state index contributed by atoms with van der Waals surface area (Å²) in [5, 5.41) is 2.68. The first-order chi connectivity index (χ1) is 9.90. The van der Waals surface area contributed by atoms with Crippen LogP contribution in [0.25, 0.3) is 0 Å². The lowest BCUT2D eigenvalue weighted by molar-refractivity contribution is 0.102. The van der Waals surface area contributed by atoms with Crippen LogP contribution in [0.3, 0.4) is 0 Å². The Balaban J connectivity index is 2.23. The Morgan fingerprint density at radius 1 is 1.14 bits per heavy atom. The van der Waals surface area contributed by atoms with E-state index >= 15 is 0 Å². The molecule has 0 fully saturated rings. The van der Waals surface area contributed by atoms with Crippen LogP contribution in [0, 0.1) is 0 Å². The van der Waals surface area contributed by atoms with Gasteiger partial charge in [0, 0.05) is 24.1 Å². The monoisotopic (exact) mass is 304 g/mol. The highest BCUT2D eigenvalue weighted by molar-refractivity contribution is 7.90. The fraction of sp³-hybridized carbons (Fsp3) is 0.133. The van der Waals surface area contributed by atoms with Crippen molar-refractivity contribution in [1.29, 1.82) is 0 Å². The molecule has 0 spiro atoms. The molecule has 3 N–H and O–H groups in total. The number of benzene rings is 2. The van der Waals surface area contributed by atoms with E-state index in [4.69, 9.17) is 5.73 Å². The quantitative estimate of drug-likeness (QED) is 0.901. The number of hydrogen-bond donors (Lipinski definition) is 2. The van der Waals surface area contributed by atoms with E-state index in [9.17, 15) is 13.2 Å². The van der Waals surface area contributed by atoms with Gasteiger partial charge in [-0.25, -0.2) is 8.42 Å². The maximum absolute atomic E-state index is 12.1. The Morgan fingerprint density at radius 2 is 1.86 bits per heavy atom. The van der Waals surface area contributed by atoms with Crippen LogP contribution in [0.1, 0.15) is 15.9 Å². The van der Waals surface area contributed by atoms with Gasteiger partial charge in [-0.05, 0) is 35.9 Å². The lowest BCUT2D eigenvalue weighted by atomic mass is 10.1. The molecule has 0 bridgehead atoms. The van der Waals surface area contributed by atoms with Gasteiger partial charge in [0.2, 0.25) is 0 Å². The molecule has 0 saturated heterocycles. The van der Waals surface area contributed by atoms with Crippen molar-refractivity contribution in [3.8, 4) is 0 Å². The molecule has 0 atom stereocenters. The van der Waals surface area contributed by atoms with E-state index in [0.29, 0.717) is 17.8 Å². The molecule has 0 unspecified atom stereocenters. The fourth-order valence-electron chi connectivity index (χ4n) is 1.85. The largest absolute Gasteiger partial charge is 0.326 e. The molecule has 0 aromatic heterocycles. The van der Waals surface area contributed by atoms with E-state index in [2.05, 4.69) is 5.32 Å². The summed E-state index contributed by atoms with van der Waals surface area (Å²) < 4.78 is 23.0. The van der Waals surface area contributed by atoms with Crippen LogP contribution in [0.2, 0.25) is 0 Å². The summed E-state index contributed by atoms with van der Waals surface area (Å²) >= 11 is 0. The zero-order valence-corrected chi connectivity index (χ0v) is 12.4. The summed E-state index contributed by atoms with van der Waals surface area (Å²) in [5.41, 5.74) is 7.30. The number of rotatable bonds is 4. The molecule has 0 aliphatic heterocycles. The minimum Gasteiger partial charge on any atom is -0.326 e. The van der Waals surface area contributed by atoms with Crippen LogP contribution in [0.5, 0.6) is 0 Å². The Morgan fingerprint density at radius 3 is 2.52 bits per heavy atom. The van der Waals surface area contributed by atoms with E-state index in [-0.39, 0.29) is 10.8 Å². The van der Waals surface area contributed by atoms with Gasteiger partial charge >= 0.3 is 0 Å². The molecular formula is C15H16N2O3S. The minimum absolute atomic E-state index is 0.163. The molecule has 6 heteroatoms. The van der Waals surface area contributed by atoms with Gasteiger partial charge in [0.05, 0.1) is 4.90 Å². The summed E-state index contributed by atoms with van der Waals surface area (Å²) in [6.45, 7) is 0.352. The highest BCUT2D eigenvalue weighted by Crippen LogP contribution is 2.16. The highest BCUT2D eigenvalue weighted by atomic mass is 32.2. The standard InChI is InChI=1S/C15H16N2O3S/c1-21(19,20)14-7-3-6-13(9-14)17-15(18)12-5-2-4-11(8-12)10-16/h2-9H,10,16H2,1H3,(H,17,18). The van der Waals surface area contributed by atoms with Crippen LogP contribution >= 0.6 is 0 Å². The van der Waals surface area contributed by atoms with Crippen molar-refractivity contribution in [3.63, 3.8) is 0 Å². The van der Waals surface area contributed by atoms with E-state index < -0.39 is 9.84 Å². The Labute approximate surface area is 123 Å². The average molecular weight is 304 g/mol. The third kappa shape index (κ3) is 3.90. The topological polar surface area (TPSA) is 89.3 Å². The normalized spacial score (nSPS) is 11.1. The Hall–Kier alpha value is -2.18. The number of carbonyl (C=O) groups is 1. The maximum Gasteiger partial charge on any atom is 0.255 e. The molecule has 0 heterocycles. The van der Waals surface area contributed by atoms with Crippen LogP contribution < -0.4 is 11.1 Å². The number of nitrogens with two attached hydrogens (primary N) is 1. The molecule has 0 aliphatic carbocycles. The molecule has 21 heavy (non-hydrogen) atoms. The lowest BCUT2D eigenvalue weighted by Crippen LogP contribution is -2.13. The average Bonchev–Trinajstić information content (AvgIpc) is 2.46. The SMILES string of the molecule is CS(=O)(=O)c1cccc(NC(=O)c2cccc(CN)c2)c1. The van der Waals surface area contributed by atoms with Crippen LogP contribution in [-0.4, -0.2) is 20.6 Å². The molecule has 2 aromatic carbocycles. The number of anilines is 1. The van der Waals surface area contributed by atoms with Gasteiger partial charge in [-0.15, -0.1) is 0 Å². The smallest absolute Gasteiger partial charge is 0.255 e. The predicted octanol–water partition coefficient (Wildman–Crippen LogP) is 1.80. The van der Waals surface area contributed by atoms with Gasteiger partial charge in [-0.2, -0.15) is 0 Å². The summed E-state index contributed by atoms with van der Waals surface area (Å²) in [6.07, 6.45) is 1.12. The number of sulfone groups is 1. The molecule has 110 valence electrons. The molecule has 2 aromatic rings. The van der Waals surface area contributed by atoms with Crippen molar-refractivity contribution in [2.45, 2.75) is 11.4 Å². The van der Waals surface area contributed by atoms with Crippen LogP contribution in [-0.2, 0) is 16.4 Å². The summed E-state index contributed by atoms with van der Waals surface area (Å²) in [5.74, 6) is -0.309. The number of hydrogen-bond acceptors (Lipinski definition) is 4. The first-order valence-electron chi connectivity index (χ1n) is 6.30. The molecule has 5 nitrogen and oxygen atoms in total. The predicted molar refractivity (Wildman–Crippen MR) is 81.8 cm³/mol. The molecule has 1 amide bonds. The summed E-state index contributed by atoms with van der Waals surface area (Å²) in [7, 11) is -3.30. The number of carbonyl (C=O) groups excluding carboxylic acids is 1. The Bertz CT molecular complexity index is 770. The zero-order valence-electron chi connectivity index (χ0n) is 11.5. The van der Waals surface area contributed by atoms with Crippen molar-refractivity contribution in [2.75, 3.05) is 11.6 Å². The van der Waals surface area contributed by atoms with Crippen molar-refractivity contribution in [1.82, 2.24) is 0 Å². The van der Waals surface area contributed by atoms with Crippen molar-refractivity contribution < 1.29 is 13.2 Å². The molecular weight excluding hydrogens is 288 g/mol. The maximum atomic E-state index is 12.1. The fourth-order valence-corrected chi connectivity index (χ4v) is 2.51. The third-order valence-electron chi connectivity index (χ3n) is 2.94. The minimum atomic E-state index is -3.30. The molecule has 2 rings (SSSR count). The van der Waals surface area contributed by atoms with Crippen molar-refractivity contribution in [2.24, 2.45) is 5.73 Å². The van der Waals surface area contributed by atoms with Gasteiger partial charge in [0.15, 0.2) is 9.84 Å². The lowest BCUT2D eigenvalue weighted by Gasteiger charge is -2.07. The second-order valence-corrected chi connectivity index (χ2v) is 6.67. The summed E-state index contributed by atoms with van der Waals surface area (Å²) in [6, 6.07) is 13.1. The van der Waals surface area contributed by atoms with E-state index in [1.807, 2.05) is 6.07 Å². The number of amides is 1. The van der Waals surface area contributed by atoms with Gasteiger partial charge in [-0.3, -0.25) is 4.79 Å².